The van der Waals surface area contributed by atoms with Crippen molar-refractivity contribution >= 4 is 17.5 Å². The van der Waals surface area contributed by atoms with Gasteiger partial charge in [-0.3, -0.25) is 14.5 Å². The summed E-state index contributed by atoms with van der Waals surface area (Å²) in [5, 5.41) is 25.8. The molecule has 0 aromatic rings. The molecule has 1 saturated heterocycles. The maximum Gasteiger partial charge on any atom is 0.233 e. The first kappa shape index (κ1) is 25.6. The standard InChI is InChI=1S/C26H40N2O5/c1-15(2)8-7-9-16(3)12-13-33-27-19-14-20(29)23(30)21-17(19)10-11-18-22(21)25(32)28(24(18)31)26(4,5)6/h8,12,17-18,20-23,29-30H,7,9-11,13-14H2,1-6H3/b16-12+,27-19+/t17-,18-,20-,21+,22-,23-/m1/s1. The van der Waals surface area contributed by atoms with Gasteiger partial charge in [-0.1, -0.05) is 22.4 Å². The number of carbonyl (C=O) groups excluding carboxylic acids is 2. The van der Waals surface area contributed by atoms with Gasteiger partial charge in [0.05, 0.1) is 29.8 Å². The molecule has 3 aliphatic rings. The van der Waals surface area contributed by atoms with Crippen LogP contribution in [0.3, 0.4) is 0 Å². The van der Waals surface area contributed by atoms with Gasteiger partial charge in [0.25, 0.3) is 0 Å². The van der Waals surface area contributed by atoms with Crippen LogP contribution in [0.1, 0.15) is 73.6 Å². The quantitative estimate of drug-likeness (QED) is 0.273. The Morgan fingerprint density at radius 1 is 1.09 bits per heavy atom. The SMILES string of the molecule is CC(C)=CCC/C(C)=C/CO/N=C1\C[C@@H](O)[C@@H](O)[C@@H]2[C@@H]3C(=O)N(C(C)(C)C)C(=O)[C@@H]3CC[C@H]12. The van der Waals surface area contributed by atoms with E-state index in [-0.39, 0.29) is 24.2 Å². The maximum atomic E-state index is 13.3. The number of fused-ring (bicyclic) bond motifs is 3. The first-order valence-corrected chi connectivity index (χ1v) is 12.1. The summed E-state index contributed by atoms with van der Waals surface area (Å²) in [4.78, 5) is 33.3. The van der Waals surface area contributed by atoms with Gasteiger partial charge in [-0.2, -0.15) is 0 Å². The molecule has 0 unspecified atom stereocenters. The van der Waals surface area contributed by atoms with E-state index in [9.17, 15) is 19.8 Å². The van der Waals surface area contributed by atoms with E-state index in [0.717, 1.165) is 12.8 Å². The second-order valence-electron chi connectivity index (χ2n) is 11.1. The fourth-order valence-corrected chi connectivity index (χ4v) is 5.63. The predicted octanol–water partition coefficient (Wildman–Crippen LogP) is 3.60. The second kappa shape index (κ2) is 10.1. The van der Waals surface area contributed by atoms with Gasteiger partial charge in [-0.25, -0.2) is 0 Å². The zero-order valence-corrected chi connectivity index (χ0v) is 20.9. The van der Waals surface area contributed by atoms with Gasteiger partial charge < -0.3 is 15.1 Å². The average molecular weight is 461 g/mol. The molecule has 0 aromatic carbocycles. The average Bonchev–Trinajstić information content (AvgIpc) is 2.98. The first-order chi connectivity index (χ1) is 15.4. The zero-order valence-electron chi connectivity index (χ0n) is 20.9. The lowest BCUT2D eigenvalue weighted by Gasteiger charge is -2.45. The van der Waals surface area contributed by atoms with Crippen molar-refractivity contribution in [3.05, 3.63) is 23.3 Å². The lowest BCUT2D eigenvalue weighted by molar-refractivity contribution is -0.146. The van der Waals surface area contributed by atoms with Gasteiger partial charge >= 0.3 is 0 Å². The van der Waals surface area contributed by atoms with Crippen molar-refractivity contribution in [3.8, 4) is 0 Å². The van der Waals surface area contributed by atoms with E-state index in [1.807, 2.05) is 26.8 Å². The normalized spacial score (nSPS) is 33.8. The Labute approximate surface area is 197 Å². The molecule has 33 heavy (non-hydrogen) atoms. The Bertz CT molecular complexity index is 849. The molecule has 0 radical (unpaired) electrons. The van der Waals surface area contributed by atoms with Gasteiger partial charge in [-0.15, -0.1) is 0 Å². The highest BCUT2D eigenvalue weighted by molar-refractivity contribution is 6.06. The van der Waals surface area contributed by atoms with Crippen LogP contribution in [-0.2, 0) is 14.4 Å². The van der Waals surface area contributed by atoms with Crippen molar-refractivity contribution in [1.29, 1.82) is 0 Å². The minimum absolute atomic E-state index is 0.160. The van der Waals surface area contributed by atoms with Gasteiger partial charge in [0, 0.05) is 23.8 Å². The Kier molecular flexibility index (Phi) is 7.84. The number of hydrogen-bond donors (Lipinski definition) is 2. The van der Waals surface area contributed by atoms with Crippen LogP contribution in [-0.4, -0.2) is 57.0 Å². The molecule has 2 amide bonds. The molecule has 6 atom stereocenters. The molecule has 1 aliphatic heterocycles. The number of carbonyl (C=O) groups is 2. The van der Waals surface area contributed by atoms with E-state index in [4.69, 9.17) is 4.84 Å². The molecule has 2 N–H and O–H groups in total. The number of allylic oxidation sites excluding steroid dienone is 3. The van der Waals surface area contributed by atoms with Gasteiger partial charge in [-0.05, 0) is 73.3 Å². The maximum absolute atomic E-state index is 13.3. The number of rotatable bonds is 6. The summed E-state index contributed by atoms with van der Waals surface area (Å²) in [7, 11) is 0. The predicted molar refractivity (Wildman–Crippen MR) is 127 cm³/mol. The Morgan fingerprint density at radius 2 is 1.76 bits per heavy atom. The smallest absolute Gasteiger partial charge is 0.233 e. The first-order valence-electron chi connectivity index (χ1n) is 12.1. The lowest BCUT2D eigenvalue weighted by atomic mass is 9.60. The summed E-state index contributed by atoms with van der Waals surface area (Å²) in [5.74, 6) is -2.17. The summed E-state index contributed by atoms with van der Waals surface area (Å²) in [6.45, 7) is 12.1. The second-order valence-corrected chi connectivity index (χ2v) is 11.1. The van der Waals surface area contributed by atoms with Crippen molar-refractivity contribution in [2.24, 2.45) is 28.8 Å². The highest BCUT2D eigenvalue weighted by atomic mass is 16.6. The number of hydrogen-bond acceptors (Lipinski definition) is 6. The number of nitrogens with zero attached hydrogens (tertiary/aromatic N) is 2. The summed E-state index contributed by atoms with van der Waals surface area (Å²) in [6, 6.07) is 0. The van der Waals surface area contributed by atoms with Crippen LogP contribution in [0.4, 0.5) is 0 Å². The van der Waals surface area contributed by atoms with Crippen LogP contribution in [0.15, 0.2) is 28.5 Å². The molecule has 3 fully saturated rings. The number of imide groups is 1. The van der Waals surface area contributed by atoms with E-state index in [1.165, 1.54) is 16.0 Å². The molecule has 7 heteroatoms. The number of likely N-dealkylation sites (tertiary alicyclic amines) is 1. The Morgan fingerprint density at radius 3 is 2.39 bits per heavy atom. The molecule has 0 bridgehead atoms. The van der Waals surface area contributed by atoms with Crippen LogP contribution in [0, 0.1) is 23.7 Å². The highest BCUT2D eigenvalue weighted by Crippen LogP contribution is 2.50. The highest BCUT2D eigenvalue weighted by Gasteiger charge is 2.61. The molecule has 184 valence electrons. The minimum Gasteiger partial charge on any atom is -0.392 e. The minimum atomic E-state index is -1.06. The van der Waals surface area contributed by atoms with Crippen molar-refractivity contribution in [1.82, 2.24) is 4.90 Å². The van der Waals surface area contributed by atoms with Gasteiger partial charge in [0.2, 0.25) is 11.8 Å². The number of oxime groups is 1. The summed E-state index contributed by atoms with van der Waals surface area (Å²) >= 11 is 0. The van der Waals surface area contributed by atoms with Crippen molar-refractivity contribution < 1.29 is 24.6 Å². The van der Waals surface area contributed by atoms with E-state index in [0.29, 0.717) is 25.2 Å². The molecule has 0 aromatic heterocycles. The number of aliphatic hydroxyl groups excluding tert-OH is 2. The zero-order chi connectivity index (χ0) is 24.5. The van der Waals surface area contributed by atoms with E-state index < -0.39 is 35.5 Å². The molecule has 7 nitrogen and oxygen atoms in total. The molecular formula is C26H40N2O5. The van der Waals surface area contributed by atoms with Crippen LogP contribution in [0.25, 0.3) is 0 Å². The van der Waals surface area contributed by atoms with Crippen molar-refractivity contribution in [2.75, 3.05) is 6.61 Å². The fraction of sp³-hybridized carbons (Fsp3) is 0.731. The summed E-state index contributed by atoms with van der Waals surface area (Å²) in [6.07, 6.45) is 5.52. The van der Waals surface area contributed by atoms with Gasteiger partial charge in [0.1, 0.15) is 6.61 Å². The van der Waals surface area contributed by atoms with E-state index in [2.05, 4.69) is 32.0 Å². The van der Waals surface area contributed by atoms with Crippen molar-refractivity contribution in [3.63, 3.8) is 0 Å². The van der Waals surface area contributed by atoms with Crippen LogP contribution in [0.2, 0.25) is 0 Å². The lowest BCUT2D eigenvalue weighted by Crippen LogP contribution is -2.55. The Balaban J connectivity index is 1.73. The molecule has 1 heterocycles. The van der Waals surface area contributed by atoms with Gasteiger partial charge in [0.15, 0.2) is 0 Å². The van der Waals surface area contributed by atoms with Crippen molar-refractivity contribution in [2.45, 2.75) is 91.4 Å². The molecule has 2 aliphatic carbocycles. The molecule has 3 rings (SSSR count). The monoisotopic (exact) mass is 460 g/mol. The third kappa shape index (κ3) is 5.40. The van der Waals surface area contributed by atoms with E-state index in [1.54, 1.807) is 0 Å². The number of amides is 2. The summed E-state index contributed by atoms with van der Waals surface area (Å²) < 4.78 is 0. The van der Waals surface area contributed by atoms with E-state index >= 15 is 0 Å². The summed E-state index contributed by atoms with van der Waals surface area (Å²) in [5.41, 5.74) is 2.60. The molecule has 0 spiro atoms. The third-order valence-corrected chi connectivity index (χ3v) is 7.23. The topological polar surface area (TPSA) is 99.4 Å². The fourth-order valence-electron chi connectivity index (χ4n) is 5.63. The largest absolute Gasteiger partial charge is 0.392 e. The Hall–Kier alpha value is -1.99. The van der Waals surface area contributed by atoms with Crippen LogP contribution < -0.4 is 0 Å². The van der Waals surface area contributed by atoms with Crippen LogP contribution >= 0.6 is 0 Å². The van der Waals surface area contributed by atoms with Crippen LogP contribution in [0.5, 0.6) is 0 Å². The molecular weight excluding hydrogens is 420 g/mol. The third-order valence-electron chi connectivity index (χ3n) is 7.23. The molecule has 2 saturated carbocycles. The number of aliphatic hydroxyl groups is 2.